The fourth-order valence-electron chi connectivity index (χ4n) is 3.11. The maximum absolute atomic E-state index is 12.6. The van der Waals surface area contributed by atoms with Gasteiger partial charge in [0.15, 0.2) is 5.78 Å². The lowest BCUT2D eigenvalue weighted by Gasteiger charge is -2.49. The fourth-order valence-corrected chi connectivity index (χ4v) is 4.63. The number of hydrogen-bond acceptors (Lipinski definition) is 8. The van der Waals surface area contributed by atoms with E-state index in [0.29, 0.717) is 5.56 Å². The summed E-state index contributed by atoms with van der Waals surface area (Å²) in [6.07, 6.45) is 1.28. The van der Waals surface area contributed by atoms with Crippen molar-refractivity contribution in [2.24, 2.45) is 0 Å². The van der Waals surface area contributed by atoms with Crippen LogP contribution in [0.25, 0.3) is 0 Å². The van der Waals surface area contributed by atoms with Gasteiger partial charge in [0, 0.05) is 17.4 Å². The Morgan fingerprint density at radius 3 is 2.58 bits per heavy atom. The topological polar surface area (TPSA) is 136 Å². The summed E-state index contributed by atoms with van der Waals surface area (Å²) in [4.78, 5) is 60.0. The van der Waals surface area contributed by atoms with Gasteiger partial charge in [0.05, 0.1) is 16.7 Å². The van der Waals surface area contributed by atoms with Crippen LogP contribution in [0, 0.1) is 10.1 Å². The largest absolute Gasteiger partial charge is 0.456 e. The maximum Gasteiger partial charge on any atom is 0.355 e. The molecule has 12 heteroatoms. The molecular weight excluding hydrogens is 494 g/mol. The van der Waals surface area contributed by atoms with E-state index in [2.05, 4.69) is 21.2 Å². The van der Waals surface area contributed by atoms with Gasteiger partial charge in [-0.3, -0.25) is 29.4 Å². The number of nitrogens with one attached hydrogen (secondary N) is 1. The van der Waals surface area contributed by atoms with E-state index in [1.165, 1.54) is 40.9 Å². The lowest BCUT2D eigenvalue weighted by Crippen LogP contribution is -2.70. The molecule has 2 aliphatic rings. The SMILES string of the molecule is CC1C=C(C(=O)OCc2ccc([N+](=O)[O-])cc2)N2C(=O)C(NC(=O)CC(=O)CBr)[C@H]2S1. The van der Waals surface area contributed by atoms with Crippen LogP contribution in [0.1, 0.15) is 18.9 Å². The number of fused-ring (bicyclic) bond motifs is 1. The molecule has 0 aliphatic carbocycles. The van der Waals surface area contributed by atoms with Gasteiger partial charge in [0.25, 0.3) is 11.6 Å². The molecule has 1 N–H and O–H groups in total. The molecule has 2 unspecified atom stereocenters. The average Bonchev–Trinajstić information content (AvgIpc) is 2.75. The predicted octanol–water partition coefficient (Wildman–Crippen LogP) is 1.66. The Balaban J connectivity index is 1.62. The Morgan fingerprint density at radius 2 is 1.97 bits per heavy atom. The first-order valence-corrected chi connectivity index (χ1v) is 11.3. The number of carbonyl (C=O) groups is 4. The Morgan fingerprint density at radius 1 is 1.29 bits per heavy atom. The third-order valence-electron chi connectivity index (χ3n) is 4.60. The van der Waals surface area contributed by atoms with E-state index in [4.69, 9.17) is 4.74 Å². The van der Waals surface area contributed by atoms with Crippen molar-refractivity contribution in [1.29, 1.82) is 0 Å². The van der Waals surface area contributed by atoms with Crippen LogP contribution < -0.4 is 5.32 Å². The Hall–Kier alpha value is -2.73. The second-order valence-electron chi connectivity index (χ2n) is 6.89. The highest BCUT2D eigenvalue weighted by molar-refractivity contribution is 9.09. The summed E-state index contributed by atoms with van der Waals surface area (Å²) >= 11 is 4.39. The van der Waals surface area contributed by atoms with E-state index in [-0.39, 0.29) is 40.8 Å². The van der Waals surface area contributed by atoms with Gasteiger partial charge < -0.3 is 10.1 Å². The first-order valence-electron chi connectivity index (χ1n) is 9.19. The smallest absolute Gasteiger partial charge is 0.355 e. The van der Waals surface area contributed by atoms with Crippen LogP contribution in [0.15, 0.2) is 36.0 Å². The number of β-lactam (4-membered cyclic amide) rings is 1. The second-order valence-corrected chi connectivity index (χ2v) is 8.95. The number of nitro benzene ring substituents is 1. The van der Waals surface area contributed by atoms with E-state index in [1.807, 2.05) is 6.92 Å². The number of ketones is 1. The molecule has 0 bridgehead atoms. The zero-order chi connectivity index (χ0) is 22.7. The molecule has 31 heavy (non-hydrogen) atoms. The minimum Gasteiger partial charge on any atom is -0.456 e. The summed E-state index contributed by atoms with van der Waals surface area (Å²) in [6.45, 7) is 1.73. The summed E-state index contributed by atoms with van der Waals surface area (Å²) in [5.74, 6) is -2.01. The number of alkyl halides is 1. The Labute approximate surface area is 189 Å². The molecule has 0 spiro atoms. The first kappa shape index (κ1) is 22.9. The molecule has 1 aromatic rings. The number of rotatable bonds is 8. The monoisotopic (exact) mass is 511 g/mol. The van der Waals surface area contributed by atoms with Crippen LogP contribution in [0.4, 0.5) is 5.69 Å². The first-order chi connectivity index (χ1) is 14.7. The van der Waals surface area contributed by atoms with Gasteiger partial charge in [-0.25, -0.2) is 4.79 Å². The number of carbonyl (C=O) groups excluding carboxylic acids is 4. The molecule has 0 saturated carbocycles. The van der Waals surface area contributed by atoms with Gasteiger partial charge in [-0.05, 0) is 30.7 Å². The van der Waals surface area contributed by atoms with Crippen LogP contribution >= 0.6 is 27.7 Å². The highest BCUT2D eigenvalue weighted by atomic mass is 79.9. The van der Waals surface area contributed by atoms with Gasteiger partial charge >= 0.3 is 5.97 Å². The Kier molecular flexibility index (Phi) is 7.11. The van der Waals surface area contributed by atoms with Crippen molar-refractivity contribution in [1.82, 2.24) is 10.2 Å². The van der Waals surface area contributed by atoms with E-state index < -0.39 is 34.1 Å². The van der Waals surface area contributed by atoms with Crippen LogP contribution in [0.5, 0.6) is 0 Å². The zero-order valence-corrected chi connectivity index (χ0v) is 18.7. The van der Waals surface area contributed by atoms with Gasteiger partial charge in [-0.1, -0.05) is 15.9 Å². The standard InChI is InChI=1S/C19H18BrN3O7S/c1-10-6-14(19(27)30-9-11-2-4-12(5-3-11)23(28)29)22-17(26)16(18(22)31-10)21-15(25)7-13(24)8-20/h2-6,10,16,18H,7-9H2,1H3,(H,21,25)/t10?,16?,18-/m1/s1. The average molecular weight is 512 g/mol. The third kappa shape index (κ3) is 5.13. The van der Waals surface area contributed by atoms with E-state index in [1.54, 1.807) is 6.08 Å². The number of nitro groups is 1. The van der Waals surface area contributed by atoms with Crippen molar-refractivity contribution < 1.29 is 28.8 Å². The summed E-state index contributed by atoms with van der Waals surface area (Å²) in [5, 5.41) is 12.7. The predicted molar refractivity (Wildman–Crippen MR) is 114 cm³/mol. The molecule has 10 nitrogen and oxygen atoms in total. The van der Waals surface area contributed by atoms with Gasteiger partial charge in [0.2, 0.25) is 5.91 Å². The van der Waals surface area contributed by atoms with Crippen molar-refractivity contribution >= 4 is 56.9 Å². The molecule has 164 valence electrons. The molecule has 2 heterocycles. The molecule has 1 saturated heterocycles. The minimum absolute atomic E-state index is 0.0495. The summed E-state index contributed by atoms with van der Waals surface area (Å²) in [5.41, 5.74) is 0.576. The normalized spacial score (nSPS) is 22.0. The summed E-state index contributed by atoms with van der Waals surface area (Å²) in [7, 11) is 0. The molecule has 0 radical (unpaired) electrons. The van der Waals surface area contributed by atoms with Crippen molar-refractivity contribution in [3.8, 4) is 0 Å². The quantitative estimate of drug-likeness (QED) is 0.139. The molecular formula is C19H18BrN3O7S. The molecule has 0 aromatic heterocycles. The maximum atomic E-state index is 12.6. The van der Waals surface area contributed by atoms with Crippen molar-refractivity contribution in [2.45, 2.75) is 36.6 Å². The van der Waals surface area contributed by atoms with Crippen molar-refractivity contribution in [2.75, 3.05) is 5.33 Å². The van der Waals surface area contributed by atoms with Crippen molar-refractivity contribution in [3.05, 3.63) is 51.7 Å². The fraction of sp³-hybridized carbons (Fsp3) is 0.368. The van der Waals surface area contributed by atoms with Crippen LogP contribution in [-0.2, 0) is 30.5 Å². The number of halogens is 1. The van der Waals surface area contributed by atoms with E-state index in [9.17, 15) is 29.3 Å². The number of ether oxygens (including phenoxy) is 1. The number of amides is 2. The molecule has 3 rings (SSSR count). The molecule has 1 aromatic carbocycles. The third-order valence-corrected chi connectivity index (χ3v) is 6.55. The van der Waals surface area contributed by atoms with Crippen LogP contribution in [0.2, 0.25) is 0 Å². The van der Waals surface area contributed by atoms with E-state index >= 15 is 0 Å². The lowest BCUT2D eigenvalue weighted by atomic mass is 10.0. The number of non-ortho nitro benzene ring substituents is 1. The minimum atomic E-state index is -0.825. The molecule has 2 amide bonds. The number of esters is 1. The van der Waals surface area contributed by atoms with Crippen LogP contribution in [-0.4, -0.2) is 55.4 Å². The van der Waals surface area contributed by atoms with Gasteiger partial charge in [0.1, 0.15) is 23.7 Å². The highest BCUT2D eigenvalue weighted by Gasteiger charge is 2.54. The van der Waals surface area contributed by atoms with Gasteiger partial charge in [-0.15, -0.1) is 11.8 Å². The van der Waals surface area contributed by atoms with E-state index in [0.717, 1.165) is 0 Å². The summed E-state index contributed by atoms with van der Waals surface area (Å²) < 4.78 is 5.28. The number of hydrogen-bond donors (Lipinski definition) is 1. The van der Waals surface area contributed by atoms with Gasteiger partial charge in [-0.2, -0.15) is 0 Å². The second kappa shape index (κ2) is 9.60. The summed E-state index contributed by atoms with van der Waals surface area (Å²) in [6, 6.07) is 4.76. The number of Topliss-reactive ketones (excluding diaryl/α,β-unsaturated/α-hetero) is 1. The number of thioether (sulfide) groups is 1. The Bertz CT molecular complexity index is 966. The molecule has 3 atom stereocenters. The number of benzene rings is 1. The van der Waals surface area contributed by atoms with Crippen LogP contribution in [0.3, 0.4) is 0 Å². The highest BCUT2D eigenvalue weighted by Crippen LogP contribution is 2.41. The lowest BCUT2D eigenvalue weighted by molar-refractivity contribution is -0.384. The molecule has 1 fully saturated rings. The number of nitrogens with zero attached hydrogens (tertiary/aromatic N) is 2. The zero-order valence-electron chi connectivity index (χ0n) is 16.3. The molecule has 2 aliphatic heterocycles. The van der Waals surface area contributed by atoms with Crippen molar-refractivity contribution in [3.63, 3.8) is 0 Å².